The fourth-order valence-electron chi connectivity index (χ4n) is 2.18. The molecule has 1 aromatic heterocycles. The van der Waals surface area contributed by atoms with Crippen LogP contribution in [0.15, 0.2) is 6.20 Å². The van der Waals surface area contributed by atoms with E-state index < -0.39 is 48.3 Å². The van der Waals surface area contributed by atoms with Gasteiger partial charge in [-0.15, -0.1) is 0 Å². The topological polar surface area (TPSA) is 85.3 Å². The first kappa shape index (κ1) is 23.6. The number of aromatic nitrogens is 2. The van der Waals surface area contributed by atoms with Crippen LogP contribution in [0.4, 0.5) is 31.1 Å². The maximum absolute atomic E-state index is 12.9. The van der Waals surface area contributed by atoms with Gasteiger partial charge in [-0.1, -0.05) is 20.3 Å². The molecule has 2 N–H and O–H groups in total. The van der Waals surface area contributed by atoms with Crippen LogP contribution in [0.1, 0.15) is 36.3 Å². The van der Waals surface area contributed by atoms with E-state index in [-0.39, 0.29) is 12.5 Å². The van der Waals surface area contributed by atoms with E-state index >= 15 is 0 Å². The van der Waals surface area contributed by atoms with Crippen LogP contribution in [0.3, 0.4) is 0 Å². The van der Waals surface area contributed by atoms with Gasteiger partial charge in [-0.3, -0.25) is 9.48 Å². The molecule has 1 rings (SSSR count). The van der Waals surface area contributed by atoms with Crippen molar-refractivity contribution in [2.24, 2.45) is 13.0 Å². The summed E-state index contributed by atoms with van der Waals surface area (Å²) >= 11 is 0. The van der Waals surface area contributed by atoms with Crippen LogP contribution in [0.25, 0.3) is 0 Å². The average molecular weight is 418 g/mol. The molecular weight excluding hydrogens is 398 g/mol. The number of alkyl halides is 6. The Balaban J connectivity index is 2.79. The molecule has 7 nitrogen and oxygen atoms in total. The van der Waals surface area contributed by atoms with Crippen molar-refractivity contribution >= 4 is 12.0 Å². The Morgan fingerprint density at radius 3 is 2.36 bits per heavy atom. The van der Waals surface area contributed by atoms with Gasteiger partial charge < -0.3 is 15.4 Å². The van der Waals surface area contributed by atoms with Gasteiger partial charge in [0.1, 0.15) is 0 Å². The molecule has 1 aromatic rings. The molecule has 0 bridgehead atoms. The number of nitrogens with zero attached hydrogens (tertiary/aromatic N) is 2. The molecule has 1 heterocycles. The molecule has 2 atom stereocenters. The highest BCUT2D eigenvalue weighted by molar-refractivity contribution is 5.95. The van der Waals surface area contributed by atoms with E-state index in [0.717, 1.165) is 10.9 Å². The number of halogens is 6. The van der Waals surface area contributed by atoms with Gasteiger partial charge in [-0.25, -0.2) is 4.79 Å². The summed E-state index contributed by atoms with van der Waals surface area (Å²) in [5.41, 5.74) is -2.08. The second-order valence-electron chi connectivity index (χ2n) is 6.10. The number of hydrogen-bond donors (Lipinski definition) is 2. The van der Waals surface area contributed by atoms with E-state index in [1.807, 2.05) is 0 Å². The van der Waals surface area contributed by atoms with Crippen LogP contribution in [-0.2, 0) is 18.0 Å². The predicted octanol–water partition coefficient (Wildman–Crippen LogP) is 2.87. The van der Waals surface area contributed by atoms with Gasteiger partial charge in [-0.2, -0.15) is 31.4 Å². The Labute approximate surface area is 156 Å². The zero-order chi connectivity index (χ0) is 21.7. The molecule has 0 aliphatic rings. The third-order valence-electron chi connectivity index (χ3n) is 3.83. The van der Waals surface area contributed by atoms with Gasteiger partial charge in [0.15, 0.2) is 12.3 Å². The summed E-state index contributed by atoms with van der Waals surface area (Å²) in [6.07, 6.45) is -9.54. The highest BCUT2D eigenvalue weighted by Gasteiger charge is 2.39. The first-order valence-electron chi connectivity index (χ1n) is 8.13. The van der Waals surface area contributed by atoms with Crippen molar-refractivity contribution in [3.8, 4) is 0 Å². The van der Waals surface area contributed by atoms with Gasteiger partial charge >= 0.3 is 18.4 Å². The predicted molar refractivity (Wildman–Crippen MR) is 84.3 cm³/mol. The van der Waals surface area contributed by atoms with Gasteiger partial charge in [0.2, 0.25) is 0 Å². The highest BCUT2D eigenvalue weighted by Crippen LogP contribution is 2.30. The van der Waals surface area contributed by atoms with Gasteiger partial charge in [-0.05, 0) is 5.92 Å². The zero-order valence-corrected chi connectivity index (χ0v) is 15.2. The van der Waals surface area contributed by atoms with Crippen LogP contribution in [0.5, 0.6) is 0 Å². The second-order valence-corrected chi connectivity index (χ2v) is 6.10. The molecule has 0 saturated heterocycles. The Hall–Kier alpha value is -2.47. The highest BCUT2D eigenvalue weighted by atomic mass is 19.4. The van der Waals surface area contributed by atoms with Gasteiger partial charge in [0, 0.05) is 19.8 Å². The number of ether oxygens (including phenoxy) is 1. The monoisotopic (exact) mass is 418 g/mol. The number of carbonyl (C=O) groups excluding carboxylic acids is 2. The third-order valence-corrected chi connectivity index (χ3v) is 3.83. The summed E-state index contributed by atoms with van der Waals surface area (Å²) in [6.45, 7) is 1.27. The van der Waals surface area contributed by atoms with Crippen molar-refractivity contribution in [3.05, 3.63) is 17.5 Å². The molecule has 0 aliphatic carbocycles. The van der Waals surface area contributed by atoms with Gasteiger partial charge in [0.25, 0.3) is 5.91 Å². The van der Waals surface area contributed by atoms with E-state index in [4.69, 9.17) is 0 Å². The van der Waals surface area contributed by atoms with E-state index in [2.05, 4.69) is 20.5 Å². The molecule has 13 heteroatoms. The second kappa shape index (κ2) is 9.15. The summed E-state index contributed by atoms with van der Waals surface area (Å²) in [7, 11) is 1.21. The maximum atomic E-state index is 12.9. The van der Waals surface area contributed by atoms with Crippen molar-refractivity contribution in [2.45, 2.75) is 38.7 Å². The van der Waals surface area contributed by atoms with Gasteiger partial charge in [0.05, 0.1) is 11.6 Å². The third kappa shape index (κ3) is 7.27. The summed E-state index contributed by atoms with van der Waals surface area (Å²) in [6, 6.07) is -0.860. The Bertz CT molecular complexity index is 686. The molecule has 160 valence electrons. The quantitative estimate of drug-likeness (QED) is 0.667. The van der Waals surface area contributed by atoms with Crippen molar-refractivity contribution in [2.75, 3.05) is 13.2 Å². The van der Waals surface area contributed by atoms with E-state index in [1.54, 1.807) is 13.8 Å². The first-order chi connectivity index (χ1) is 12.7. The molecule has 28 heavy (non-hydrogen) atoms. The lowest BCUT2D eigenvalue weighted by Gasteiger charge is -2.24. The Kier molecular flexibility index (Phi) is 7.70. The number of aryl methyl sites for hydroxylation is 1. The Morgan fingerprint density at radius 1 is 1.25 bits per heavy atom. The fourth-order valence-corrected chi connectivity index (χ4v) is 2.18. The van der Waals surface area contributed by atoms with Crippen molar-refractivity contribution < 1.29 is 40.7 Å². The lowest BCUT2D eigenvalue weighted by molar-refractivity contribution is -0.160. The van der Waals surface area contributed by atoms with Crippen LogP contribution in [-0.4, -0.2) is 47.2 Å². The molecule has 0 fully saturated rings. The smallest absolute Gasteiger partial charge is 0.435 e. The summed E-state index contributed by atoms with van der Waals surface area (Å²) in [5, 5.41) is 7.62. The minimum atomic E-state index is -4.84. The number of rotatable bonds is 7. The average Bonchev–Trinajstić information content (AvgIpc) is 2.97. The van der Waals surface area contributed by atoms with E-state index in [0.29, 0.717) is 6.42 Å². The first-order valence-corrected chi connectivity index (χ1v) is 8.13. The number of hydrogen-bond acceptors (Lipinski definition) is 4. The van der Waals surface area contributed by atoms with E-state index in [9.17, 15) is 35.9 Å². The van der Waals surface area contributed by atoms with Crippen LogP contribution in [0, 0.1) is 5.92 Å². The Morgan fingerprint density at radius 2 is 1.86 bits per heavy atom. The molecule has 0 spiro atoms. The summed E-state index contributed by atoms with van der Waals surface area (Å²) in [5.74, 6) is -1.39. The fraction of sp³-hybridized carbons (Fsp3) is 0.667. The minimum absolute atomic E-state index is 0.310. The normalized spacial score (nSPS) is 14.3. The molecule has 0 saturated carbocycles. The largest absolute Gasteiger partial charge is 0.440 e. The lowest BCUT2D eigenvalue weighted by atomic mass is 9.99. The van der Waals surface area contributed by atoms with Crippen LogP contribution >= 0.6 is 0 Å². The van der Waals surface area contributed by atoms with Crippen LogP contribution in [0.2, 0.25) is 0 Å². The number of carbonyl (C=O) groups is 2. The summed E-state index contributed by atoms with van der Waals surface area (Å²) in [4.78, 5) is 23.6. The molecule has 0 aliphatic heterocycles. The zero-order valence-electron chi connectivity index (χ0n) is 15.2. The lowest BCUT2D eigenvalue weighted by Crippen LogP contribution is -2.48. The van der Waals surface area contributed by atoms with Crippen molar-refractivity contribution in [1.29, 1.82) is 0 Å². The molecule has 2 amide bonds. The number of alkyl carbamates (subject to hydrolysis) is 1. The SMILES string of the molecule is CC[C@H](C)[C@@H](CNC(=O)c1cn(C)nc1C(F)(F)F)NC(=O)OCC(F)(F)F. The van der Waals surface area contributed by atoms with Crippen molar-refractivity contribution in [1.82, 2.24) is 20.4 Å². The molecule has 0 unspecified atom stereocenters. The molecular formula is C15H20F6N4O3. The standard InChI is InChI=1S/C15H20F6N4O3/c1-4-8(2)10(23-13(27)28-7-14(16,17)18)5-22-12(26)9-6-25(3)24-11(9)15(19,20)21/h6,8,10H,4-5,7H2,1-3H3,(H,22,26)(H,23,27)/t8-,10+/m0/s1. The summed E-state index contributed by atoms with van der Waals surface area (Å²) < 4.78 is 80.0. The molecule has 0 aromatic carbocycles. The number of amides is 2. The molecule has 0 radical (unpaired) electrons. The minimum Gasteiger partial charge on any atom is -0.440 e. The number of nitrogens with one attached hydrogen (secondary N) is 2. The van der Waals surface area contributed by atoms with Crippen molar-refractivity contribution in [3.63, 3.8) is 0 Å². The van der Waals surface area contributed by atoms with Crippen LogP contribution < -0.4 is 10.6 Å². The maximum Gasteiger partial charge on any atom is 0.435 e. The van der Waals surface area contributed by atoms with E-state index in [1.165, 1.54) is 7.05 Å².